The molecule has 7 nitrogen and oxygen atoms in total. The highest BCUT2D eigenvalue weighted by Crippen LogP contribution is 2.41. The second-order valence-electron chi connectivity index (χ2n) is 11.6. The Bertz CT molecular complexity index is 1580. The largest absolute Gasteiger partial charge is 0.371 e. The van der Waals surface area contributed by atoms with Gasteiger partial charge in [-0.3, -0.25) is 4.98 Å². The highest BCUT2D eigenvalue weighted by Gasteiger charge is 2.47. The predicted molar refractivity (Wildman–Crippen MR) is 153 cm³/mol. The Hall–Kier alpha value is -3.23. The van der Waals surface area contributed by atoms with Crippen LogP contribution in [0.4, 0.5) is 5.69 Å². The third-order valence-electron chi connectivity index (χ3n) is 8.02. The zero-order valence-electron chi connectivity index (χ0n) is 22.6. The van der Waals surface area contributed by atoms with Gasteiger partial charge in [0, 0.05) is 68.3 Å². The van der Waals surface area contributed by atoms with Crippen LogP contribution in [0.3, 0.4) is 0 Å². The summed E-state index contributed by atoms with van der Waals surface area (Å²) in [5, 5.41) is 0. The molecule has 4 aromatic rings. The molecule has 198 valence electrons. The molecule has 2 fully saturated rings. The second-order valence-corrected chi connectivity index (χ2v) is 13.6. The van der Waals surface area contributed by atoms with Crippen LogP contribution in [0, 0.1) is 11.3 Å². The average molecular weight is 530 g/mol. The number of aryl methyl sites for hydroxylation is 1. The minimum atomic E-state index is -3.23. The van der Waals surface area contributed by atoms with Crippen molar-refractivity contribution in [1.82, 2.24) is 19.4 Å². The molecule has 38 heavy (non-hydrogen) atoms. The number of anilines is 1. The van der Waals surface area contributed by atoms with Crippen LogP contribution in [0.2, 0.25) is 0 Å². The Morgan fingerprint density at radius 1 is 0.974 bits per heavy atom. The van der Waals surface area contributed by atoms with Crippen LogP contribution in [-0.4, -0.2) is 66.8 Å². The smallest absolute Gasteiger partial charge is 0.175 e. The number of hydrogen-bond donors (Lipinski definition) is 0. The molecule has 0 saturated carbocycles. The van der Waals surface area contributed by atoms with Gasteiger partial charge in [-0.05, 0) is 54.8 Å². The van der Waals surface area contributed by atoms with Crippen LogP contribution in [0.25, 0.3) is 33.7 Å². The quantitative estimate of drug-likeness (QED) is 0.355. The Balaban J connectivity index is 1.19. The molecule has 0 bridgehead atoms. The van der Waals surface area contributed by atoms with Crippen molar-refractivity contribution >= 4 is 26.6 Å². The molecule has 0 N–H and O–H groups in total. The summed E-state index contributed by atoms with van der Waals surface area (Å²) in [4.78, 5) is 14.9. The topological polar surface area (TPSA) is 71.3 Å². The molecule has 2 aromatic heterocycles. The molecule has 0 aliphatic carbocycles. The van der Waals surface area contributed by atoms with Crippen molar-refractivity contribution in [3.05, 3.63) is 60.8 Å². The summed E-state index contributed by atoms with van der Waals surface area (Å²) in [5.41, 5.74) is 6.41. The lowest BCUT2D eigenvalue weighted by atomic mass is 9.78. The SMILES string of the molecule is CC(C)CN1CC2(CCN(c3ccc(-c4cc5c(cn4)nc(-c4ccc(S(C)(=O)=O)cc4)n5C)cc3)C2)C1. The van der Waals surface area contributed by atoms with Gasteiger partial charge in [-0.15, -0.1) is 0 Å². The molecule has 0 amide bonds. The summed E-state index contributed by atoms with van der Waals surface area (Å²) in [6.45, 7) is 10.6. The molecular weight excluding hydrogens is 494 g/mol. The molecule has 0 unspecified atom stereocenters. The van der Waals surface area contributed by atoms with Crippen LogP contribution in [0.1, 0.15) is 20.3 Å². The van der Waals surface area contributed by atoms with Gasteiger partial charge in [0.25, 0.3) is 0 Å². The lowest BCUT2D eigenvalue weighted by Gasteiger charge is -2.49. The first kappa shape index (κ1) is 25.1. The first-order chi connectivity index (χ1) is 18.1. The van der Waals surface area contributed by atoms with E-state index in [1.165, 1.54) is 38.0 Å². The summed E-state index contributed by atoms with van der Waals surface area (Å²) in [6, 6.07) is 17.7. The fourth-order valence-electron chi connectivity index (χ4n) is 6.17. The minimum Gasteiger partial charge on any atom is -0.371 e. The number of nitrogens with zero attached hydrogens (tertiary/aromatic N) is 5. The van der Waals surface area contributed by atoms with Crippen molar-refractivity contribution in [2.45, 2.75) is 25.2 Å². The van der Waals surface area contributed by atoms with Crippen molar-refractivity contribution in [2.24, 2.45) is 18.4 Å². The predicted octanol–water partition coefficient (Wildman–Crippen LogP) is 4.87. The lowest BCUT2D eigenvalue weighted by Crippen LogP contribution is -2.58. The summed E-state index contributed by atoms with van der Waals surface area (Å²) in [6.07, 6.45) is 4.31. The van der Waals surface area contributed by atoms with E-state index in [1.54, 1.807) is 24.3 Å². The van der Waals surface area contributed by atoms with E-state index in [0.29, 0.717) is 10.3 Å². The zero-order valence-corrected chi connectivity index (χ0v) is 23.4. The molecule has 1 spiro atoms. The van der Waals surface area contributed by atoms with Crippen molar-refractivity contribution in [1.29, 1.82) is 0 Å². The van der Waals surface area contributed by atoms with E-state index in [-0.39, 0.29) is 0 Å². The lowest BCUT2D eigenvalue weighted by molar-refractivity contribution is 0.00997. The summed E-state index contributed by atoms with van der Waals surface area (Å²) in [7, 11) is -1.25. The fraction of sp³-hybridized carbons (Fsp3) is 0.400. The van der Waals surface area contributed by atoms with Gasteiger partial charge in [0.2, 0.25) is 0 Å². The second kappa shape index (κ2) is 9.20. The van der Waals surface area contributed by atoms with E-state index < -0.39 is 9.84 Å². The first-order valence-corrected chi connectivity index (χ1v) is 15.2. The van der Waals surface area contributed by atoms with E-state index in [0.717, 1.165) is 52.7 Å². The van der Waals surface area contributed by atoms with Gasteiger partial charge in [0.15, 0.2) is 9.84 Å². The highest BCUT2D eigenvalue weighted by atomic mass is 32.2. The van der Waals surface area contributed by atoms with Gasteiger partial charge in [-0.25, -0.2) is 13.4 Å². The van der Waals surface area contributed by atoms with Gasteiger partial charge >= 0.3 is 0 Å². The normalized spacial score (nSPS) is 17.6. The molecule has 8 heteroatoms. The Morgan fingerprint density at radius 3 is 2.32 bits per heavy atom. The fourth-order valence-corrected chi connectivity index (χ4v) is 6.80. The monoisotopic (exact) mass is 529 g/mol. The summed E-state index contributed by atoms with van der Waals surface area (Å²) in [5.74, 6) is 1.51. The molecule has 0 atom stereocenters. The number of sulfone groups is 1. The minimum absolute atomic E-state index is 0.303. The summed E-state index contributed by atoms with van der Waals surface area (Å²) < 4.78 is 25.7. The van der Waals surface area contributed by atoms with Gasteiger partial charge in [-0.1, -0.05) is 26.0 Å². The molecule has 6 rings (SSSR count). The zero-order chi connectivity index (χ0) is 26.7. The van der Waals surface area contributed by atoms with Gasteiger partial charge < -0.3 is 14.4 Å². The van der Waals surface area contributed by atoms with E-state index in [1.807, 2.05) is 17.8 Å². The molecule has 2 saturated heterocycles. The van der Waals surface area contributed by atoms with Crippen molar-refractivity contribution in [2.75, 3.05) is 43.9 Å². The Kier molecular flexibility index (Phi) is 6.07. The number of rotatable bonds is 6. The molecular formula is C30H35N5O2S. The number of pyridine rings is 1. The van der Waals surface area contributed by atoms with Gasteiger partial charge in [-0.2, -0.15) is 0 Å². The van der Waals surface area contributed by atoms with Crippen molar-refractivity contribution in [3.63, 3.8) is 0 Å². The number of hydrogen-bond acceptors (Lipinski definition) is 6. The third-order valence-corrected chi connectivity index (χ3v) is 9.14. The van der Waals surface area contributed by atoms with E-state index >= 15 is 0 Å². The number of imidazole rings is 1. The Morgan fingerprint density at radius 2 is 1.66 bits per heavy atom. The maximum absolute atomic E-state index is 11.8. The average Bonchev–Trinajstić information content (AvgIpc) is 3.45. The molecule has 0 radical (unpaired) electrons. The summed E-state index contributed by atoms with van der Waals surface area (Å²) >= 11 is 0. The van der Waals surface area contributed by atoms with Crippen LogP contribution in [0.5, 0.6) is 0 Å². The van der Waals surface area contributed by atoms with E-state index in [9.17, 15) is 8.42 Å². The third kappa shape index (κ3) is 4.60. The highest BCUT2D eigenvalue weighted by molar-refractivity contribution is 7.90. The van der Waals surface area contributed by atoms with Crippen LogP contribution in [-0.2, 0) is 16.9 Å². The number of fused-ring (bicyclic) bond motifs is 1. The van der Waals surface area contributed by atoms with Crippen molar-refractivity contribution in [3.8, 4) is 22.6 Å². The van der Waals surface area contributed by atoms with E-state index in [2.05, 4.69) is 54.0 Å². The van der Waals surface area contributed by atoms with Gasteiger partial charge in [0.1, 0.15) is 11.3 Å². The van der Waals surface area contributed by atoms with Crippen LogP contribution >= 0.6 is 0 Å². The molecule has 2 aliphatic rings. The maximum atomic E-state index is 11.8. The van der Waals surface area contributed by atoms with E-state index in [4.69, 9.17) is 9.97 Å². The first-order valence-electron chi connectivity index (χ1n) is 13.3. The molecule has 4 heterocycles. The number of likely N-dealkylation sites (tertiary alicyclic amines) is 1. The van der Waals surface area contributed by atoms with Crippen LogP contribution in [0.15, 0.2) is 65.7 Å². The standard InChI is InChI=1S/C30H35N5O2S/c1-21(2)17-34-18-30(19-34)13-14-35(20-30)24-9-5-22(6-10-24)26-15-28-27(16-31-26)32-29(33(28)3)23-7-11-25(12-8-23)38(4,36)37/h5-12,15-16,21H,13-14,17-20H2,1-4H3. The molecule has 2 aliphatic heterocycles. The number of benzene rings is 2. The van der Waals surface area contributed by atoms with Crippen LogP contribution < -0.4 is 4.90 Å². The number of aromatic nitrogens is 3. The molecule has 2 aromatic carbocycles. The van der Waals surface area contributed by atoms with Gasteiger partial charge in [0.05, 0.1) is 22.3 Å². The Labute approximate surface area is 225 Å². The van der Waals surface area contributed by atoms with Crippen molar-refractivity contribution < 1.29 is 8.42 Å². The maximum Gasteiger partial charge on any atom is 0.175 e.